The first-order chi connectivity index (χ1) is 9.74. The van der Waals surface area contributed by atoms with Crippen molar-refractivity contribution < 1.29 is 0 Å². The maximum absolute atomic E-state index is 4.82. The minimum absolute atomic E-state index is 0.575. The average Bonchev–Trinajstić information content (AvgIpc) is 2.78. The van der Waals surface area contributed by atoms with Gasteiger partial charge in [-0.3, -0.25) is 0 Å². The van der Waals surface area contributed by atoms with Crippen molar-refractivity contribution in [2.45, 2.75) is 52.1 Å². The number of piperidine rings is 1. The average molecular weight is 272 g/mol. The van der Waals surface area contributed by atoms with E-state index in [-0.39, 0.29) is 0 Å². The van der Waals surface area contributed by atoms with Crippen LogP contribution < -0.4 is 5.32 Å². The Morgan fingerprint density at radius 2 is 2.30 bits per heavy atom. The van der Waals surface area contributed by atoms with Gasteiger partial charge >= 0.3 is 0 Å². The number of nitrogens with zero attached hydrogens (tertiary/aromatic N) is 3. The van der Waals surface area contributed by atoms with Crippen LogP contribution >= 0.6 is 0 Å². The third kappa shape index (κ3) is 2.85. The molecule has 1 saturated heterocycles. The SMILES string of the molecule is CC(C)Cn1c(CC2CCCCN2)nc2cccnc21. The molecule has 20 heavy (non-hydrogen) atoms. The van der Waals surface area contributed by atoms with Gasteiger partial charge in [-0.15, -0.1) is 0 Å². The molecule has 3 rings (SSSR count). The molecule has 1 fully saturated rings. The van der Waals surface area contributed by atoms with E-state index < -0.39 is 0 Å². The normalized spacial score (nSPS) is 19.9. The largest absolute Gasteiger partial charge is 0.314 e. The molecule has 0 radical (unpaired) electrons. The molecule has 1 aliphatic rings. The maximum Gasteiger partial charge on any atom is 0.159 e. The van der Waals surface area contributed by atoms with Crippen molar-refractivity contribution in [3.05, 3.63) is 24.2 Å². The fourth-order valence-electron chi connectivity index (χ4n) is 3.04. The lowest BCUT2D eigenvalue weighted by molar-refractivity contribution is 0.387. The monoisotopic (exact) mass is 272 g/mol. The Labute approximate surface area is 120 Å². The van der Waals surface area contributed by atoms with Crippen molar-refractivity contribution in [1.29, 1.82) is 0 Å². The smallest absolute Gasteiger partial charge is 0.159 e. The summed E-state index contributed by atoms with van der Waals surface area (Å²) in [7, 11) is 0. The molecule has 2 aromatic rings. The van der Waals surface area contributed by atoms with E-state index >= 15 is 0 Å². The van der Waals surface area contributed by atoms with Crippen LogP contribution in [0, 0.1) is 5.92 Å². The Morgan fingerprint density at radius 1 is 1.40 bits per heavy atom. The van der Waals surface area contributed by atoms with E-state index in [0.717, 1.165) is 30.7 Å². The number of pyridine rings is 1. The minimum atomic E-state index is 0.575. The van der Waals surface area contributed by atoms with Crippen LogP contribution in [0.4, 0.5) is 0 Å². The molecular formula is C16H24N4. The first kappa shape index (κ1) is 13.6. The van der Waals surface area contributed by atoms with Gasteiger partial charge in [-0.1, -0.05) is 20.3 Å². The van der Waals surface area contributed by atoms with Gasteiger partial charge in [0.2, 0.25) is 0 Å². The van der Waals surface area contributed by atoms with Gasteiger partial charge in [0, 0.05) is 25.2 Å². The van der Waals surface area contributed by atoms with E-state index in [4.69, 9.17) is 4.98 Å². The third-order valence-electron chi connectivity index (χ3n) is 3.97. The first-order valence-electron chi connectivity index (χ1n) is 7.77. The van der Waals surface area contributed by atoms with Crippen molar-refractivity contribution in [3.63, 3.8) is 0 Å². The maximum atomic E-state index is 4.82. The Balaban J connectivity index is 1.91. The van der Waals surface area contributed by atoms with E-state index in [9.17, 15) is 0 Å². The predicted octanol–water partition coefficient (Wildman–Crippen LogP) is 2.77. The Bertz CT molecular complexity index is 567. The van der Waals surface area contributed by atoms with Gasteiger partial charge in [0.25, 0.3) is 0 Å². The lowest BCUT2D eigenvalue weighted by atomic mass is 10.0. The van der Waals surface area contributed by atoms with E-state index in [0.29, 0.717) is 12.0 Å². The number of hydrogen-bond donors (Lipinski definition) is 1. The van der Waals surface area contributed by atoms with Gasteiger partial charge in [0.05, 0.1) is 0 Å². The van der Waals surface area contributed by atoms with E-state index in [1.807, 2.05) is 12.3 Å². The quantitative estimate of drug-likeness (QED) is 0.930. The van der Waals surface area contributed by atoms with Crippen LogP contribution in [0.25, 0.3) is 11.2 Å². The first-order valence-corrected chi connectivity index (χ1v) is 7.77. The summed E-state index contributed by atoms with van der Waals surface area (Å²) in [6, 6.07) is 4.61. The van der Waals surface area contributed by atoms with Crippen molar-refractivity contribution in [1.82, 2.24) is 19.9 Å². The van der Waals surface area contributed by atoms with Gasteiger partial charge in [0.15, 0.2) is 5.65 Å². The van der Waals surface area contributed by atoms with Crippen LogP contribution in [0.2, 0.25) is 0 Å². The molecule has 1 unspecified atom stereocenters. The summed E-state index contributed by atoms with van der Waals surface area (Å²) in [5.41, 5.74) is 2.06. The van der Waals surface area contributed by atoms with Crippen LogP contribution in [0.3, 0.4) is 0 Å². The van der Waals surface area contributed by atoms with Gasteiger partial charge in [0.1, 0.15) is 11.3 Å². The standard InChI is InChI=1S/C16H24N4/c1-12(2)11-20-15(10-13-6-3-4-8-17-13)19-14-7-5-9-18-16(14)20/h5,7,9,12-13,17H,3-4,6,8,10-11H2,1-2H3. The minimum Gasteiger partial charge on any atom is -0.314 e. The van der Waals surface area contributed by atoms with Gasteiger partial charge in [-0.25, -0.2) is 9.97 Å². The zero-order valence-electron chi connectivity index (χ0n) is 12.5. The molecule has 0 aromatic carbocycles. The topological polar surface area (TPSA) is 42.7 Å². The highest BCUT2D eigenvalue weighted by Crippen LogP contribution is 2.19. The lowest BCUT2D eigenvalue weighted by Crippen LogP contribution is -2.36. The molecule has 3 heterocycles. The van der Waals surface area contributed by atoms with Crippen LogP contribution in [-0.2, 0) is 13.0 Å². The van der Waals surface area contributed by atoms with E-state index in [2.05, 4.69) is 34.8 Å². The van der Waals surface area contributed by atoms with Gasteiger partial charge < -0.3 is 9.88 Å². The molecule has 0 bridgehead atoms. The number of nitrogens with one attached hydrogen (secondary N) is 1. The molecule has 1 atom stereocenters. The molecule has 4 heteroatoms. The second-order valence-corrected chi connectivity index (χ2v) is 6.23. The van der Waals surface area contributed by atoms with Gasteiger partial charge in [-0.2, -0.15) is 0 Å². The second-order valence-electron chi connectivity index (χ2n) is 6.23. The summed E-state index contributed by atoms with van der Waals surface area (Å²) in [5.74, 6) is 1.79. The van der Waals surface area contributed by atoms with Crippen molar-refractivity contribution in [3.8, 4) is 0 Å². The summed E-state index contributed by atoms with van der Waals surface area (Å²) in [6.45, 7) is 6.64. The number of aromatic nitrogens is 3. The van der Waals surface area contributed by atoms with Crippen LogP contribution in [0.15, 0.2) is 18.3 Å². The molecule has 0 amide bonds. The lowest BCUT2D eigenvalue weighted by Gasteiger charge is -2.23. The van der Waals surface area contributed by atoms with Crippen LogP contribution in [0.5, 0.6) is 0 Å². The summed E-state index contributed by atoms with van der Waals surface area (Å²) < 4.78 is 2.32. The highest BCUT2D eigenvalue weighted by atomic mass is 15.1. The fraction of sp³-hybridized carbons (Fsp3) is 0.625. The molecule has 0 saturated carbocycles. The second kappa shape index (κ2) is 5.92. The number of fused-ring (bicyclic) bond motifs is 1. The summed E-state index contributed by atoms with van der Waals surface area (Å²) in [5, 5.41) is 3.62. The molecule has 1 N–H and O–H groups in total. The van der Waals surface area contributed by atoms with Crippen LogP contribution in [-0.4, -0.2) is 27.1 Å². The predicted molar refractivity (Wildman–Crippen MR) is 81.7 cm³/mol. The van der Waals surface area contributed by atoms with E-state index in [1.165, 1.54) is 25.1 Å². The van der Waals surface area contributed by atoms with Crippen LogP contribution in [0.1, 0.15) is 38.9 Å². The molecule has 108 valence electrons. The number of rotatable bonds is 4. The Kier molecular flexibility index (Phi) is 4.01. The molecular weight excluding hydrogens is 248 g/mol. The molecule has 1 aliphatic heterocycles. The number of imidazole rings is 1. The fourth-order valence-corrected chi connectivity index (χ4v) is 3.04. The zero-order valence-corrected chi connectivity index (χ0v) is 12.5. The zero-order chi connectivity index (χ0) is 13.9. The highest BCUT2D eigenvalue weighted by Gasteiger charge is 2.18. The molecule has 0 spiro atoms. The Hall–Kier alpha value is -1.42. The van der Waals surface area contributed by atoms with Gasteiger partial charge in [-0.05, 0) is 37.4 Å². The van der Waals surface area contributed by atoms with Crippen molar-refractivity contribution >= 4 is 11.2 Å². The molecule has 4 nitrogen and oxygen atoms in total. The third-order valence-corrected chi connectivity index (χ3v) is 3.97. The number of hydrogen-bond acceptors (Lipinski definition) is 3. The summed E-state index contributed by atoms with van der Waals surface area (Å²) in [4.78, 5) is 9.35. The molecule has 2 aromatic heterocycles. The molecule has 0 aliphatic carbocycles. The highest BCUT2D eigenvalue weighted by molar-refractivity contribution is 5.71. The van der Waals surface area contributed by atoms with Crippen molar-refractivity contribution in [2.75, 3.05) is 6.54 Å². The van der Waals surface area contributed by atoms with Crippen molar-refractivity contribution in [2.24, 2.45) is 5.92 Å². The summed E-state index contributed by atoms with van der Waals surface area (Å²) in [6.07, 6.45) is 6.78. The summed E-state index contributed by atoms with van der Waals surface area (Å²) >= 11 is 0. The van der Waals surface area contributed by atoms with E-state index in [1.54, 1.807) is 0 Å². The Morgan fingerprint density at radius 3 is 3.05 bits per heavy atom.